The van der Waals surface area contributed by atoms with E-state index in [2.05, 4.69) is 46.1 Å². The van der Waals surface area contributed by atoms with Crippen molar-refractivity contribution in [2.75, 3.05) is 46.4 Å². The minimum absolute atomic E-state index is 0.882. The number of aromatic amines is 1. The van der Waals surface area contributed by atoms with E-state index in [1.807, 2.05) is 6.20 Å². The van der Waals surface area contributed by atoms with Gasteiger partial charge in [0.25, 0.3) is 0 Å². The summed E-state index contributed by atoms with van der Waals surface area (Å²) in [6.45, 7) is 7.14. The zero-order valence-electron chi connectivity index (χ0n) is 18.1. The minimum Gasteiger partial charge on any atom is -0.475 e. The molecule has 0 saturated carbocycles. The van der Waals surface area contributed by atoms with Crippen LogP contribution in [0.4, 0.5) is 26.3 Å². The number of hydrogen-bond donors (Lipinski definition) is 3. The monoisotopic (exact) mass is 501 g/mol. The molecule has 1 saturated heterocycles. The van der Waals surface area contributed by atoms with E-state index in [4.69, 9.17) is 24.5 Å². The van der Waals surface area contributed by atoms with Crippen LogP contribution in [0.15, 0.2) is 30.5 Å². The summed E-state index contributed by atoms with van der Waals surface area (Å²) >= 11 is 0. The first-order chi connectivity index (χ1) is 15.7. The molecule has 192 valence electrons. The molecular formula is C20H25F6N3O5. The minimum atomic E-state index is -5.08. The van der Waals surface area contributed by atoms with Crippen molar-refractivity contribution < 1.29 is 50.9 Å². The molecule has 0 unspecified atom stereocenters. The molecule has 3 rings (SSSR count). The number of aliphatic carboxylic acids is 2. The molecule has 0 amide bonds. The Morgan fingerprint density at radius 1 is 1.03 bits per heavy atom. The average Bonchev–Trinajstić information content (AvgIpc) is 3.20. The summed E-state index contributed by atoms with van der Waals surface area (Å²) in [5.74, 6) is -5.51. The van der Waals surface area contributed by atoms with E-state index in [1.54, 1.807) is 0 Å². The van der Waals surface area contributed by atoms with Crippen LogP contribution in [0.5, 0.6) is 0 Å². The van der Waals surface area contributed by atoms with Gasteiger partial charge in [0.1, 0.15) is 0 Å². The number of fused-ring (bicyclic) bond motifs is 1. The van der Waals surface area contributed by atoms with Gasteiger partial charge in [-0.25, -0.2) is 9.59 Å². The van der Waals surface area contributed by atoms with Crippen LogP contribution in [-0.2, 0) is 20.9 Å². The fourth-order valence-corrected chi connectivity index (χ4v) is 2.72. The molecule has 8 nitrogen and oxygen atoms in total. The number of nitrogens with zero attached hydrogens (tertiary/aromatic N) is 2. The quantitative estimate of drug-likeness (QED) is 0.541. The van der Waals surface area contributed by atoms with E-state index in [0.29, 0.717) is 0 Å². The standard InChI is InChI=1S/C16H23N3O.2C2HF3O2/c1-18(6-7-19-8-10-20-11-9-19)13-14-2-3-15-4-5-17-16(15)12-14;2*3-2(4,5)1(6)7/h2-5,12,17H,6-11,13H2,1H3;2*(H,6,7). The van der Waals surface area contributed by atoms with Crippen LogP contribution < -0.4 is 0 Å². The number of halogens is 6. The van der Waals surface area contributed by atoms with Crippen molar-refractivity contribution >= 4 is 22.8 Å². The van der Waals surface area contributed by atoms with Crippen molar-refractivity contribution in [2.45, 2.75) is 18.9 Å². The maximum absolute atomic E-state index is 10.6. The fraction of sp³-hybridized carbons (Fsp3) is 0.500. The first-order valence-electron chi connectivity index (χ1n) is 9.85. The topological polar surface area (TPSA) is 106 Å². The summed E-state index contributed by atoms with van der Waals surface area (Å²) in [6, 6.07) is 8.78. The van der Waals surface area contributed by atoms with Gasteiger partial charge in [-0.05, 0) is 30.1 Å². The second kappa shape index (κ2) is 13.2. The van der Waals surface area contributed by atoms with E-state index >= 15 is 0 Å². The highest BCUT2D eigenvalue weighted by Crippen LogP contribution is 2.15. The molecule has 0 atom stereocenters. The van der Waals surface area contributed by atoms with Gasteiger partial charge in [0.2, 0.25) is 0 Å². The highest BCUT2D eigenvalue weighted by Gasteiger charge is 2.38. The summed E-state index contributed by atoms with van der Waals surface area (Å²) in [7, 11) is 2.19. The van der Waals surface area contributed by atoms with E-state index in [0.717, 1.165) is 45.9 Å². The number of rotatable bonds is 5. The normalized spacial score (nSPS) is 14.7. The summed E-state index contributed by atoms with van der Waals surface area (Å²) in [5.41, 5.74) is 2.59. The molecule has 2 heterocycles. The molecule has 1 aliphatic heterocycles. The van der Waals surface area contributed by atoms with Crippen molar-refractivity contribution in [3.63, 3.8) is 0 Å². The molecular weight excluding hydrogens is 476 g/mol. The number of carboxylic acids is 2. The molecule has 0 spiro atoms. The number of likely N-dealkylation sites (N-methyl/N-ethyl adjacent to an activating group) is 1. The van der Waals surface area contributed by atoms with Crippen LogP contribution in [0.1, 0.15) is 5.56 Å². The summed E-state index contributed by atoms with van der Waals surface area (Å²) in [4.78, 5) is 25.9. The van der Waals surface area contributed by atoms with E-state index in [9.17, 15) is 26.3 Å². The van der Waals surface area contributed by atoms with Gasteiger partial charge in [0.05, 0.1) is 13.2 Å². The summed E-state index contributed by atoms with van der Waals surface area (Å²) in [6.07, 6.45) is -8.17. The number of carbonyl (C=O) groups is 2. The van der Waals surface area contributed by atoms with Gasteiger partial charge in [-0.1, -0.05) is 12.1 Å². The van der Waals surface area contributed by atoms with Gasteiger partial charge >= 0.3 is 24.3 Å². The van der Waals surface area contributed by atoms with Crippen LogP contribution in [0.3, 0.4) is 0 Å². The van der Waals surface area contributed by atoms with Gasteiger partial charge in [-0.2, -0.15) is 26.3 Å². The highest BCUT2D eigenvalue weighted by atomic mass is 19.4. The Labute approximate surface area is 190 Å². The maximum atomic E-state index is 10.6. The Morgan fingerprint density at radius 3 is 2.06 bits per heavy atom. The van der Waals surface area contributed by atoms with Gasteiger partial charge in [-0.15, -0.1) is 0 Å². The van der Waals surface area contributed by atoms with Gasteiger partial charge in [0, 0.05) is 44.4 Å². The number of nitrogens with one attached hydrogen (secondary N) is 1. The molecule has 1 fully saturated rings. The molecule has 14 heteroatoms. The predicted molar refractivity (Wildman–Crippen MR) is 109 cm³/mol. The van der Waals surface area contributed by atoms with Gasteiger partial charge in [-0.3, -0.25) is 4.90 Å². The van der Waals surface area contributed by atoms with Crippen molar-refractivity contribution in [1.29, 1.82) is 0 Å². The molecule has 0 bridgehead atoms. The third-order valence-electron chi connectivity index (χ3n) is 4.46. The number of alkyl halides is 6. The lowest BCUT2D eigenvalue weighted by Crippen LogP contribution is -2.40. The van der Waals surface area contributed by atoms with Crippen LogP contribution >= 0.6 is 0 Å². The predicted octanol–water partition coefficient (Wildman–Crippen LogP) is 3.20. The number of H-pyrrole nitrogens is 1. The van der Waals surface area contributed by atoms with Crippen molar-refractivity contribution in [2.24, 2.45) is 0 Å². The Kier molecular flexibility index (Phi) is 11.3. The van der Waals surface area contributed by atoms with Crippen LogP contribution in [-0.4, -0.2) is 95.7 Å². The molecule has 1 aliphatic rings. The Bertz CT molecular complexity index is 886. The largest absolute Gasteiger partial charge is 0.490 e. The van der Waals surface area contributed by atoms with E-state index in [-0.39, 0.29) is 0 Å². The molecule has 1 aromatic heterocycles. The summed E-state index contributed by atoms with van der Waals surface area (Å²) < 4.78 is 68.8. The number of aromatic nitrogens is 1. The Hall–Kier alpha value is -2.84. The number of benzene rings is 1. The Balaban J connectivity index is 0.000000343. The van der Waals surface area contributed by atoms with Crippen molar-refractivity contribution in [3.8, 4) is 0 Å². The van der Waals surface area contributed by atoms with E-state index in [1.165, 1.54) is 16.5 Å². The zero-order valence-corrected chi connectivity index (χ0v) is 18.1. The van der Waals surface area contributed by atoms with Crippen molar-refractivity contribution in [3.05, 3.63) is 36.0 Å². The number of carboxylic acid groups (broad SMARTS) is 2. The molecule has 34 heavy (non-hydrogen) atoms. The third-order valence-corrected chi connectivity index (χ3v) is 4.46. The SMILES string of the molecule is CN(CCN1CCOCC1)Cc1ccc2cc[nH]c2c1.O=C(O)C(F)(F)F.O=C(O)C(F)(F)F. The average molecular weight is 501 g/mol. The van der Waals surface area contributed by atoms with Crippen LogP contribution in [0.2, 0.25) is 0 Å². The number of ether oxygens (including phenoxy) is 1. The lowest BCUT2D eigenvalue weighted by Gasteiger charge is -2.28. The van der Waals surface area contributed by atoms with Crippen LogP contribution in [0.25, 0.3) is 10.9 Å². The molecule has 0 aliphatic carbocycles. The molecule has 0 radical (unpaired) electrons. The maximum Gasteiger partial charge on any atom is 0.490 e. The van der Waals surface area contributed by atoms with Crippen LogP contribution in [0, 0.1) is 0 Å². The lowest BCUT2D eigenvalue weighted by molar-refractivity contribution is -0.193. The first kappa shape index (κ1) is 29.2. The van der Waals surface area contributed by atoms with E-state index < -0.39 is 24.3 Å². The number of morpholine rings is 1. The third kappa shape index (κ3) is 11.3. The zero-order chi connectivity index (χ0) is 25.9. The van der Waals surface area contributed by atoms with Crippen molar-refractivity contribution in [1.82, 2.24) is 14.8 Å². The Morgan fingerprint density at radius 2 is 1.56 bits per heavy atom. The second-order valence-electron chi connectivity index (χ2n) is 7.20. The smallest absolute Gasteiger partial charge is 0.475 e. The van der Waals surface area contributed by atoms with Gasteiger partial charge < -0.3 is 24.8 Å². The van der Waals surface area contributed by atoms with Gasteiger partial charge in [0.15, 0.2) is 0 Å². The highest BCUT2D eigenvalue weighted by molar-refractivity contribution is 5.79. The second-order valence-corrected chi connectivity index (χ2v) is 7.20. The lowest BCUT2D eigenvalue weighted by atomic mass is 10.1. The molecule has 2 aromatic rings. The summed E-state index contributed by atoms with van der Waals surface area (Å²) in [5, 5.41) is 15.5. The number of hydrogen-bond acceptors (Lipinski definition) is 5. The molecule has 1 aromatic carbocycles. The first-order valence-corrected chi connectivity index (χ1v) is 9.85. The molecule has 3 N–H and O–H groups in total. The fourth-order valence-electron chi connectivity index (χ4n) is 2.72.